The van der Waals surface area contributed by atoms with Crippen molar-refractivity contribution in [3.63, 3.8) is 0 Å². The molecule has 7 heteroatoms. The maximum absolute atomic E-state index is 12.6. The second-order valence-corrected chi connectivity index (χ2v) is 6.80. The van der Waals surface area contributed by atoms with Gasteiger partial charge >= 0.3 is 17.9 Å². The molecule has 4 rings (SSSR count). The minimum atomic E-state index is -1.79. The Morgan fingerprint density at radius 1 is 1.00 bits per heavy atom. The number of nitrogens with zero attached hydrogens (tertiary/aromatic N) is 1. The fourth-order valence-corrected chi connectivity index (χ4v) is 3.46. The van der Waals surface area contributed by atoms with Gasteiger partial charge in [0.2, 0.25) is 5.60 Å². The smallest absolute Gasteiger partial charge is 0.339 e. The zero-order valence-electron chi connectivity index (χ0n) is 14.8. The van der Waals surface area contributed by atoms with Crippen LogP contribution in [0.4, 0.5) is 0 Å². The Kier molecular flexibility index (Phi) is 3.93. The van der Waals surface area contributed by atoms with Crippen LogP contribution in [0.5, 0.6) is 0 Å². The van der Waals surface area contributed by atoms with Crippen LogP contribution in [0.3, 0.4) is 0 Å². The van der Waals surface area contributed by atoms with Crippen LogP contribution in [-0.2, 0) is 19.0 Å². The van der Waals surface area contributed by atoms with Crippen LogP contribution in [0.2, 0.25) is 0 Å². The van der Waals surface area contributed by atoms with Gasteiger partial charge in [-0.25, -0.2) is 9.59 Å². The van der Waals surface area contributed by atoms with E-state index >= 15 is 0 Å². The highest BCUT2D eigenvalue weighted by molar-refractivity contribution is 5.94. The molecule has 7 nitrogen and oxygen atoms in total. The number of benzene rings is 2. The molecule has 2 aromatic rings. The Labute approximate surface area is 160 Å². The molecule has 0 N–H and O–H groups in total. The lowest BCUT2D eigenvalue weighted by molar-refractivity contribution is -0.151. The van der Waals surface area contributed by atoms with Gasteiger partial charge in [-0.15, -0.1) is 0 Å². The van der Waals surface area contributed by atoms with Gasteiger partial charge in [-0.3, -0.25) is 4.79 Å². The fraction of sp³-hybridized carbons (Fsp3) is 0.238. The molecule has 1 heterocycles. The van der Waals surface area contributed by atoms with E-state index in [2.05, 4.69) is 0 Å². The minimum absolute atomic E-state index is 0.246. The summed E-state index contributed by atoms with van der Waals surface area (Å²) < 4.78 is 16.3. The zero-order valence-corrected chi connectivity index (χ0v) is 14.8. The first-order valence-electron chi connectivity index (χ1n) is 8.61. The number of rotatable bonds is 4. The molecule has 1 unspecified atom stereocenters. The number of ether oxygens (including phenoxy) is 3. The van der Waals surface area contributed by atoms with Crippen molar-refractivity contribution >= 4 is 17.9 Å². The molecule has 2 fully saturated rings. The number of carbonyl (C=O) groups excluding carboxylic acids is 3. The van der Waals surface area contributed by atoms with Crippen molar-refractivity contribution in [2.45, 2.75) is 24.7 Å². The van der Waals surface area contributed by atoms with Crippen LogP contribution in [0, 0.1) is 16.7 Å². The molecule has 0 bridgehead atoms. The van der Waals surface area contributed by atoms with Gasteiger partial charge in [0.1, 0.15) is 0 Å². The molecule has 1 saturated carbocycles. The second-order valence-electron chi connectivity index (χ2n) is 6.80. The summed E-state index contributed by atoms with van der Waals surface area (Å²) in [5.41, 5.74) is -2.93. The summed E-state index contributed by atoms with van der Waals surface area (Å²) in [7, 11) is 0. The summed E-state index contributed by atoms with van der Waals surface area (Å²) >= 11 is 0. The number of hydrogen-bond donors (Lipinski definition) is 0. The molecule has 140 valence electrons. The van der Waals surface area contributed by atoms with Gasteiger partial charge < -0.3 is 14.2 Å². The summed E-state index contributed by atoms with van der Waals surface area (Å²) in [6.45, 7) is 1.32. The Bertz CT molecular complexity index is 999. The lowest BCUT2D eigenvalue weighted by Gasteiger charge is -2.25. The predicted molar refractivity (Wildman–Crippen MR) is 93.8 cm³/mol. The van der Waals surface area contributed by atoms with Crippen molar-refractivity contribution in [2.24, 2.45) is 5.41 Å². The van der Waals surface area contributed by atoms with Crippen LogP contribution in [0.1, 0.15) is 27.6 Å². The summed E-state index contributed by atoms with van der Waals surface area (Å²) in [6, 6.07) is 18.3. The lowest BCUT2D eigenvalue weighted by atomic mass is 9.84. The van der Waals surface area contributed by atoms with Crippen molar-refractivity contribution in [3.05, 3.63) is 71.8 Å². The average Bonchev–Trinajstić information content (AvgIpc) is 3.25. The van der Waals surface area contributed by atoms with E-state index in [9.17, 15) is 19.6 Å². The van der Waals surface area contributed by atoms with Gasteiger partial charge in [0.15, 0.2) is 17.6 Å². The van der Waals surface area contributed by atoms with E-state index in [-0.39, 0.29) is 5.56 Å². The third-order valence-corrected chi connectivity index (χ3v) is 5.17. The quantitative estimate of drug-likeness (QED) is 0.595. The Hall–Kier alpha value is -3.66. The second kappa shape index (κ2) is 6.20. The van der Waals surface area contributed by atoms with Crippen molar-refractivity contribution in [2.75, 3.05) is 0 Å². The summed E-state index contributed by atoms with van der Waals surface area (Å²) in [5.74, 6) is -2.21. The highest BCUT2D eigenvalue weighted by Gasteiger charge is 2.89. The van der Waals surface area contributed by atoms with Crippen molar-refractivity contribution in [1.82, 2.24) is 0 Å². The maximum atomic E-state index is 12.6. The number of carbonyl (C=O) groups is 3. The van der Waals surface area contributed by atoms with E-state index in [1.165, 1.54) is 6.92 Å². The van der Waals surface area contributed by atoms with Crippen LogP contribution >= 0.6 is 0 Å². The van der Waals surface area contributed by atoms with Gasteiger partial charge in [0.25, 0.3) is 0 Å². The standard InChI is InChI=1S/C21H15NO6/c1-20(12-22)19(25)27-16-15(26-17(23)13-8-4-2-5-9-13)21(16,20)28-18(24)14-10-6-3-7-11-14/h2-11,15-16H,1H3/t15?,16-,20+,21-/m1/s1. The van der Waals surface area contributed by atoms with Crippen molar-refractivity contribution < 1.29 is 28.6 Å². The molecule has 2 aromatic carbocycles. The molecule has 4 atom stereocenters. The van der Waals surface area contributed by atoms with E-state index in [0.717, 1.165) is 0 Å². The Morgan fingerprint density at radius 3 is 2.07 bits per heavy atom. The molecule has 1 aliphatic carbocycles. The topological polar surface area (TPSA) is 103 Å². The monoisotopic (exact) mass is 377 g/mol. The molecule has 28 heavy (non-hydrogen) atoms. The first-order chi connectivity index (χ1) is 13.4. The van der Waals surface area contributed by atoms with Gasteiger partial charge in [-0.1, -0.05) is 36.4 Å². The SMILES string of the molecule is C[C@]1(C#N)C(=O)O[C@@H]2C(OC(=O)c3ccccc3)[C@@]21OC(=O)c1ccccc1. The molecule has 0 amide bonds. The minimum Gasteiger partial charge on any atom is -0.452 e. The zero-order chi connectivity index (χ0) is 19.9. The van der Waals surface area contributed by atoms with Crippen LogP contribution in [-0.4, -0.2) is 35.7 Å². The number of hydrogen-bond acceptors (Lipinski definition) is 7. The summed E-state index contributed by atoms with van der Waals surface area (Å²) in [4.78, 5) is 37.2. The first kappa shape index (κ1) is 17.7. The highest BCUT2D eigenvalue weighted by atomic mass is 16.7. The third kappa shape index (κ3) is 2.38. The van der Waals surface area contributed by atoms with E-state index in [1.54, 1.807) is 60.7 Å². The van der Waals surface area contributed by atoms with Crippen molar-refractivity contribution in [1.29, 1.82) is 5.26 Å². The average molecular weight is 377 g/mol. The van der Waals surface area contributed by atoms with E-state index in [4.69, 9.17) is 14.2 Å². The molecular weight excluding hydrogens is 362 g/mol. The van der Waals surface area contributed by atoms with E-state index < -0.39 is 41.1 Å². The molecule has 0 aromatic heterocycles. The normalized spacial score (nSPS) is 29.8. The van der Waals surface area contributed by atoms with Crippen LogP contribution < -0.4 is 0 Å². The molecule has 1 saturated heterocycles. The summed E-state index contributed by atoms with van der Waals surface area (Å²) in [5, 5.41) is 9.63. The summed E-state index contributed by atoms with van der Waals surface area (Å²) in [6.07, 6.45) is -2.08. The molecule has 0 radical (unpaired) electrons. The van der Waals surface area contributed by atoms with Gasteiger partial charge in [0.05, 0.1) is 17.2 Å². The number of fused-ring (bicyclic) bond motifs is 1. The first-order valence-corrected chi connectivity index (χ1v) is 8.61. The van der Waals surface area contributed by atoms with E-state index in [1.807, 2.05) is 6.07 Å². The number of nitriles is 1. The fourth-order valence-electron chi connectivity index (χ4n) is 3.46. The molecule has 0 spiro atoms. The Balaban J connectivity index is 1.64. The van der Waals surface area contributed by atoms with Gasteiger partial charge in [-0.05, 0) is 31.2 Å². The third-order valence-electron chi connectivity index (χ3n) is 5.17. The molecule has 1 aliphatic heterocycles. The number of esters is 3. The largest absolute Gasteiger partial charge is 0.452 e. The molecular formula is C21H15NO6. The van der Waals surface area contributed by atoms with Crippen LogP contribution in [0.15, 0.2) is 60.7 Å². The Morgan fingerprint density at radius 2 is 1.54 bits per heavy atom. The van der Waals surface area contributed by atoms with E-state index in [0.29, 0.717) is 5.56 Å². The lowest BCUT2D eigenvalue weighted by Crippen LogP contribution is -2.44. The molecule has 2 aliphatic rings. The highest BCUT2D eigenvalue weighted by Crippen LogP contribution is 2.62. The maximum Gasteiger partial charge on any atom is 0.339 e. The van der Waals surface area contributed by atoms with Gasteiger partial charge in [0, 0.05) is 0 Å². The van der Waals surface area contributed by atoms with Crippen LogP contribution in [0.25, 0.3) is 0 Å². The van der Waals surface area contributed by atoms with Gasteiger partial charge in [-0.2, -0.15) is 5.26 Å². The van der Waals surface area contributed by atoms with Crippen molar-refractivity contribution in [3.8, 4) is 6.07 Å². The predicted octanol–water partition coefficient (Wildman–Crippen LogP) is 2.28.